The van der Waals surface area contributed by atoms with Gasteiger partial charge in [0, 0.05) is 25.8 Å². The highest BCUT2D eigenvalue weighted by molar-refractivity contribution is 5.33. The fourth-order valence-electron chi connectivity index (χ4n) is 1.39. The average molecular weight is 217 g/mol. The van der Waals surface area contributed by atoms with Crippen LogP contribution in [0.5, 0.6) is 0 Å². The lowest BCUT2D eigenvalue weighted by Gasteiger charge is -2.08. The zero-order chi connectivity index (χ0) is 11.6. The van der Waals surface area contributed by atoms with Crippen molar-refractivity contribution in [2.45, 2.75) is 6.92 Å². The molecule has 2 heteroatoms. The Kier molecular flexibility index (Phi) is 6.32. The fourth-order valence-corrected chi connectivity index (χ4v) is 1.39. The molecule has 2 nitrogen and oxygen atoms in total. The highest BCUT2D eigenvalue weighted by Gasteiger charge is 1.98. The molecule has 1 unspecified atom stereocenters. The van der Waals surface area contributed by atoms with Crippen LogP contribution in [0.2, 0.25) is 0 Å². The quantitative estimate of drug-likeness (QED) is 0.601. The van der Waals surface area contributed by atoms with E-state index in [1.54, 1.807) is 7.11 Å². The van der Waals surface area contributed by atoms with Crippen LogP contribution in [0, 0.1) is 17.8 Å². The maximum atomic E-state index is 5.05. The zero-order valence-corrected chi connectivity index (χ0v) is 9.99. The van der Waals surface area contributed by atoms with Gasteiger partial charge < -0.3 is 10.1 Å². The van der Waals surface area contributed by atoms with Gasteiger partial charge in [-0.2, -0.15) is 0 Å². The van der Waals surface area contributed by atoms with Crippen LogP contribution >= 0.6 is 0 Å². The molecule has 1 N–H and O–H groups in total. The van der Waals surface area contributed by atoms with Gasteiger partial charge in [0.25, 0.3) is 0 Å². The van der Waals surface area contributed by atoms with Gasteiger partial charge in [-0.25, -0.2) is 0 Å². The van der Waals surface area contributed by atoms with Crippen LogP contribution in [-0.2, 0) is 4.74 Å². The topological polar surface area (TPSA) is 21.3 Å². The molecule has 0 aliphatic carbocycles. The second kappa shape index (κ2) is 7.92. The van der Waals surface area contributed by atoms with Crippen molar-refractivity contribution in [3.63, 3.8) is 0 Å². The summed E-state index contributed by atoms with van der Waals surface area (Å²) in [5.74, 6) is 6.73. The van der Waals surface area contributed by atoms with Crippen LogP contribution in [0.15, 0.2) is 30.3 Å². The number of methoxy groups -OCH3 is 1. The largest absolute Gasteiger partial charge is 0.384 e. The summed E-state index contributed by atoms with van der Waals surface area (Å²) >= 11 is 0. The number of nitrogens with one attached hydrogen (secondary N) is 1. The molecular weight excluding hydrogens is 198 g/mol. The Morgan fingerprint density at radius 2 is 2.06 bits per heavy atom. The van der Waals surface area contributed by atoms with Gasteiger partial charge in [0.1, 0.15) is 0 Å². The Hall–Kier alpha value is -1.30. The maximum Gasteiger partial charge on any atom is 0.0580 e. The van der Waals surface area contributed by atoms with Gasteiger partial charge in [0.2, 0.25) is 0 Å². The number of benzene rings is 1. The summed E-state index contributed by atoms with van der Waals surface area (Å²) < 4.78 is 5.05. The van der Waals surface area contributed by atoms with Crippen molar-refractivity contribution in [3.8, 4) is 11.8 Å². The SMILES string of the molecule is COCC(C)CNCC#Cc1ccccc1. The van der Waals surface area contributed by atoms with E-state index in [0.29, 0.717) is 5.92 Å². The Labute approximate surface area is 98.0 Å². The predicted octanol–water partition coefficient (Wildman–Crippen LogP) is 1.91. The van der Waals surface area contributed by atoms with Crippen LogP contribution in [0.3, 0.4) is 0 Å². The van der Waals surface area contributed by atoms with E-state index in [4.69, 9.17) is 4.74 Å². The Morgan fingerprint density at radius 1 is 1.31 bits per heavy atom. The third-order valence-corrected chi connectivity index (χ3v) is 2.16. The van der Waals surface area contributed by atoms with Gasteiger partial charge in [-0.3, -0.25) is 0 Å². The van der Waals surface area contributed by atoms with Crippen LogP contribution in [-0.4, -0.2) is 26.8 Å². The van der Waals surface area contributed by atoms with Crippen LogP contribution in [0.4, 0.5) is 0 Å². The Balaban J connectivity index is 2.19. The first-order valence-electron chi connectivity index (χ1n) is 5.56. The molecule has 0 fully saturated rings. The molecule has 1 rings (SSSR count). The zero-order valence-electron chi connectivity index (χ0n) is 9.99. The number of ether oxygens (including phenoxy) is 1. The predicted molar refractivity (Wildman–Crippen MR) is 67.2 cm³/mol. The first-order valence-corrected chi connectivity index (χ1v) is 5.56. The highest BCUT2D eigenvalue weighted by Crippen LogP contribution is 1.94. The van der Waals surface area contributed by atoms with Gasteiger partial charge in [-0.1, -0.05) is 37.0 Å². The van der Waals surface area contributed by atoms with Gasteiger partial charge in [-0.15, -0.1) is 0 Å². The second-order valence-electron chi connectivity index (χ2n) is 3.86. The number of rotatable bonds is 5. The summed E-state index contributed by atoms with van der Waals surface area (Å²) in [4.78, 5) is 0. The molecule has 1 aromatic rings. The molecule has 0 bridgehead atoms. The third-order valence-electron chi connectivity index (χ3n) is 2.16. The highest BCUT2D eigenvalue weighted by atomic mass is 16.5. The molecule has 0 spiro atoms. The lowest BCUT2D eigenvalue weighted by atomic mass is 10.2. The number of hydrogen-bond acceptors (Lipinski definition) is 2. The van der Waals surface area contributed by atoms with Crippen molar-refractivity contribution in [1.82, 2.24) is 5.32 Å². The van der Waals surface area contributed by atoms with E-state index in [2.05, 4.69) is 24.1 Å². The summed E-state index contributed by atoms with van der Waals surface area (Å²) in [6.07, 6.45) is 0. The van der Waals surface area contributed by atoms with Crippen molar-refractivity contribution >= 4 is 0 Å². The molecule has 0 aliphatic heterocycles. The molecular formula is C14H19NO. The molecule has 0 aliphatic rings. The van der Waals surface area contributed by atoms with Gasteiger partial charge in [-0.05, 0) is 18.1 Å². The van der Waals surface area contributed by atoms with Crippen molar-refractivity contribution in [2.75, 3.05) is 26.8 Å². The summed E-state index contributed by atoms with van der Waals surface area (Å²) in [5, 5.41) is 3.29. The first kappa shape index (κ1) is 12.8. The molecule has 1 atom stereocenters. The van der Waals surface area contributed by atoms with Gasteiger partial charge >= 0.3 is 0 Å². The smallest absolute Gasteiger partial charge is 0.0580 e. The van der Waals surface area contributed by atoms with Crippen molar-refractivity contribution in [3.05, 3.63) is 35.9 Å². The summed E-state index contributed by atoms with van der Waals surface area (Å²) in [6, 6.07) is 10.0. The van der Waals surface area contributed by atoms with Crippen LogP contribution in [0.1, 0.15) is 12.5 Å². The minimum absolute atomic E-state index is 0.531. The second-order valence-corrected chi connectivity index (χ2v) is 3.86. The molecule has 0 saturated carbocycles. The number of hydrogen-bond donors (Lipinski definition) is 1. The van der Waals surface area contributed by atoms with E-state index in [1.165, 1.54) is 0 Å². The monoisotopic (exact) mass is 217 g/mol. The molecule has 1 aromatic carbocycles. The summed E-state index contributed by atoms with van der Waals surface area (Å²) in [5.41, 5.74) is 1.06. The van der Waals surface area contributed by atoms with Crippen LogP contribution in [0.25, 0.3) is 0 Å². The maximum absolute atomic E-state index is 5.05. The molecule has 0 saturated heterocycles. The minimum atomic E-state index is 0.531. The first-order chi connectivity index (χ1) is 7.83. The average Bonchev–Trinajstić information content (AvgIpc) is 2.30. The summed E-state index contributed by atoms with van der Waals surface area (Å²) in [7, 11) is 1.73. The van der Waals surface area contributed by atoms with E-state index in [9.17, 15) is 0 Å². The lowest BCUT2D eigenvalue weighted by molar-refractivity contribution is 0.159. The minimum Gasteiger partial charge on any atom is -0.384 e. The van der Waals surface area contributed by atoms with Gasteiger partial charge in [0.15, 0.2) is 0 Å². The van der Waals surface area contributed by atoms with E-state index in [-0.39, 0.29) is 0 Å². The molecule has 0 radical (unpaired) electrons. The standard InChI is InChI=1S/C14H19NO/c1-13(12-16-2)11-15-10-6-9-14-7-4-3-5-8-14/h3-5,7-8,13,15H,10-12H2,1-2H3. The van der Waals surface area contributed by atoms with Crippen LogP contribution < -0.4 is 5.32 Å². The lowest BCUT2D eigenvalue weighted by Crippen LogP contribution is -2.24. The van der Waals surface area contributed by atoms with Crippen molar-refractivity contribution < 1.29 is 4.74 Å². The van der Waals surface area contributed by atoms with E-state index in [0.717, 1.165) is 25.3 Å². The van der Waals surface area contributed by atoms with E-state index < -0.39 is 0 Å². The molecule has 0 heterocycles. The molecule has 86 valence electrons. The summed E-state index contributed by atoms with van der Waals surface area (Å²) in [6.45, 7) is 4.61. The molecule has 0 aromatic heterocycles. The van der Waals surface area contributed by atoms with E-state index in [1.807, 2.05) is 30.3 Å². The van der Waals surface area contributed by atoms with E-state index >= 15 is 0 Å². The van der Waals surface area contributed by atoms with Crippen molar-refractivity contribution in [1.29, 1.82) is 0 Å². The fraction of sp³-hybridized carbons (Fsp3) is 0.429. The van der Waals surface area contributed by atoms with Crippen molar-refractivity contribution in [2.24, 2.45) is 5.92 Å². The Bertz CT molecular complexity index is 337. The Morgan fingerprint density at radius 3 is 2.75 bits per heavy atom. The molecule has 16 heavy (non-hydrogen) atoms. The van der Waals surface area contributed by atoms with Gasteiger partial charge in [0.05, 0.1) is 6.54 Å². The normalized spacial score (nSPS) is 11.6. The third kappa shape index (κ3) is 5.55. The molecule has 0 amide bonds.